The van der Waals surface area contributed by atoms with Crippen LogP contribution in [0.5, 0.6) is 0 Å². The molecular formula is C16H15F2NO3S. The zero-order valence-electron chi connectivity index (χ0n) is 12.2. The fraction of sp³-hybridized carbons (Fsp3) is 0.250. The Labute approximate surface area is 133 Å². The molecule has 23 heavy (non-hydrogen) atoms. The average Bonchev–Trinajstić information content (AvgIpc) is 2.56. The maximum atomic E-state index is 13.3. The van der Waals surface area contributed by atoms with E-state index in [1.54, 1.807) is 12.1 Å². The van der Waals surface area contributed by atoms with Gasteiger partial charge in [-0.3, -0.25) is 0 Å². The normalized spacial score (nSPS) is 19.7. The lowest BCUT2D eigenvalue weighted by molar-refractivity contribution is -0.00259. The highest BCUT2D eigenvalue weighted by molar-refractivity contribution is 7.89. The fourth-order valence-electron chi connectivity index (χ4n) is 2.50. The number of ether oxygens (including phenoxy) is 1. The van der Waals surface area contributed by atoms with Crippen molar-refractivity contribution in [1.82, 2.24) is 4.31 Å². The van der Waals surface area contributed by atoms with Gasteiger partial charge in [0.15, 0.2) is 0 Å². The van der Waals surface area contributed by atoms with Crippen LogP contribution in [0.25, 0.3) is 0 Å². The van der Waals surface area contributed by atoms with Crippen LogP contribution in [0.4, 0.5) is 8.78 Å². The number of hydrogen-bond acceptors (Lipinski definition) is 3. The summed E-state index contributed by atoms with van der Waals surface area (Å²) in [5.41, 5.74) is 0.700. The first-order chi connectivity index (χ1) is 11.0. The Morgan fingerprint density at radius 1 is 1.04 bits per heavy atom. The maximum Gasteiger partial charge on any atom is 0.243 e. The molecule has 0 spiro atoms. The molecular weight excluding hydrogens is 324 g/mol. The summed E-state index contributed by atoms with van der Waals surface area (Å²) >= 11 is 0. The van der Waals surface area contributed by atoms with Crippen LogP contribution in [0.1, 0.15) is 11.7 Å². The summed E-state index contributed by atoms with van der Waals surface area (Å²) in [4.78, 5) is -0.0859. The van der Waals surface area contributed by atoms with Gasteiger partial charge in [-0.15, -0.1) is 0 Å². The second kappa shape index (κ2) is 6.35. The Morgan fingerprint density at radius 2 is 1.78 bits per heavy atom. The van der Waals surface area contributed by atoms with Crippen molar-refractivity contribution in [3.05, 3.63) is 65.7 Å². The predicted molar refractivity (Wildman–Crippen MR) is 80.3 cm³/mol. The van der Waals surface area contributed by atoms with Crippen molar-refractivity contribution in [2.45, 2.75) is 11.0 Å². The molecule has 2 aromatic rings. The zero-order valence-corrected chi connectivity index (χ0v) is 13.0. The summed E-state index contributed by atoms with van der Waals surface area (Å²) in [6, 6.07) is 10.7. The second-order valence-corrected chi connectivity index (χ2v) is 7.17. The average molecular weight is 339 g/mol. The highest BCUT2D eigenvalue weighted by Gasteiger charge is 2.31. The Morgan fingerprint density at radius 3 is 2.48 bits per heavy atom. The van der Waals surface area contributed by atoms with Crippen LogP contribution in [0.3, 0.4) is 0 Å². The molecule has 1 saturated heterocycles. The molecule has 3 rings (SSSR count). The number of benzene rings is 2. The lowest BCUT2D eigenvalue weighted by Gasteiger charge is -2.32. The van der Waals surface area contributed by atoms with Crippen molar-refractivity contribution in [1.29, 1.82) is 0 Å². The molecule has 0 aliphatic carbocycles. The van der Waals surface area contributed by atoms with Crippen LogP contribution in [-0.4, -0.2) is 32.4 Å². The minimum absolute atomic E-state index is 0.0859. The zero-order chi connectivity index (χ0) is 16.4. The molecule has 0 amide bonds. The molecule has 1 heterocycles. The van der Waals surface area contributed by atoms with Gasteiger partial charge in [0.2, 0.25) is 10.0 Å². The number of halogens is 2. The van der Waals surface area contributed by atoms with Gasteiger partial charge < -0.3 is 4.74 Å². The lowest BCUT2D eigenvalue weighted by atomic mass is 10.1. The molecule has 0 aromatic heterocycles. The van der Waals surface area contributed by atoms with E-state index >= 15 is 0 Å². The third-order valence-corrected chi connectivity index (χ3v) is 5.57. The Hall–Kier alpha value is -1.83. The smallest absolute Gasteiger partial charge is 0.243 e. The topological polar surface area (TPSA) is 46.6 Å². The molecule has 1 fully saturated rings. The summed E-state index contributed by atoms with van der Waals surface area (Å²) in [6.07, 6.45) is -0.479. The van der Waals surface area contributed by atoms with Gasteiger partial charge in [-0.25, -0.2) is 17.2 Å². The minimum Gasteiger partial charge on any atom is -0.371 e. The number of rotatable bonds is 3. The molecule has 4 nitrogen and oxygen atoms in total. The van der Waals surface area contributed by atoms with Crippen LogP contribution < -0.4 is 0 Å². The quantitative estimate of drug-likeness (QED) is 0.864. The van der Waals surface area contributed by atoms with Crippen LogP contribution in [-0.2, 0) is 14.8 Å². The van der Waals surface area contributed by atoms with E-state index < -0.39 is 21.9 Å². The van der Waals surface area contributed by atoms with E-state index in [2.05, 4.69) is 0 Å². The van der Waals surface area contributed by atoms with Crippen LogP contribution in [0.2, 0.25) is 0 Å². The number of morpholine rings is 1. The van der Waals surface area contributed by atoms with Gasteiger partial charge in [-0.2, -0.15) is 4.31 Å². The van der Waals surface area contributed by atoms with E-state index in [0.717, 1.165) is 6.07 Å². The van der Waals surface area contributed by atoms with Crippen molar-refractivity contribution in [2.75, 3.05) is 19.7 Å². The molecule has 1 aliphatic rings. The maximum absolute atomic E-state index is 13.3. The van der Waals surface area contributed by atoms with E-state index in [0.29, 0.717) is 5.56 Å². The molecule has 0 saturated carbocycles. The van der Waals surface area contributed by atoms with E-state index in [9.17, 15) is 17.2 Å². The van der Waals surface area contributed by atoms with Gasteiger partial charge in [-0.1, -0.05) is 18.2 Å². The summed E-state index contributed by atoms with van der Waals surface area (Å²) < 4.78 is 58.4. The number of hydrogen-bond donors (Lipinski definition) is 0. The SMILES string of the molecule is O=S(=O)(c1cccc(F)c1)N1CCOC(c2ccc(F)cc2)C1. The van der Waals surface area contributed by atoms with Crippen LogP contribution in [0, 0.1) is 11.6 Å². The predicted octanol–water partition coefficient (Wildman–Crippen LogP) is 2.73. The van der Waals surface area contributed by atoms with Crippen molar-refractivity contribution in [3.8, 4) is 0 Å². The van der Waals surface area contributed by atoms with Gasteiger partial charge in [0.1, 0.15) is 11.6 Å². The molecule has 1 unspecified atom stereocenters. The summed E-state index contributed by atoms with van der Waals surface area (Å²) in [7, 11) is -3.79. The Balaban J connectivity index is 1.84. The van der Waals surface area contributed by atoms with E-state index in [4.69, 9.17) is 4.74 Å². The highest BCUT2D eigenvalue weighted by atomic mass is 32.2. The first-order valence-corrected chi connectivity index (χ1v) is 8.53. The van der Waals surface area contributed by atoms with Crippen molar-refractivity contribution >= 4 is 10.0 Å². The van der Waals surface area contributed by atoms with Gasteiger partial charge >= 0.3 is 0 Å². The second-order valence-electron chi connectivity index (χ2n) is 5.23. The molecule has 0 N–H and O–H groups in total. The molecule has 7 heteroatoms. The molecule has 0 bridgehead atoms. The molecule has 2 aromatic carbocycles. The summed E-state index contributed by atoms with van der Waals surface area (Å²) in [6.45, 7) is 0.512. The van der Waals surface area contributed by atoms with Gasteiger partial charge in [0.05, 0.1) is 17.6 Å². The first kappa shape index (κ1) is 16.0. The van der Waals surface area contributed by atoms with Crippen molar-refractivity contribution in [3.63, 3.8) is 0 Å². The van der Waals surface area contributed by atoms with E-state index in [-0.39, 0.29) is 30.4 Å². The third kappa shape index (κ3) is 3.41. The number of nitrogens with zero attached hydrogens (tertiary/aromatic N) is 1. The minimum atomic E-state index is -3.79. The summed E-state index contributed by atoms with van der Waals surface area (Å²) in [5, 5.41) is 0. The van der Waals surface area contributed by atoms with Gasteiger partial charge in [0, 0.05) is 13.1 Å². The number of sulfonamides is 1. The summed E-state index contributed by atoms with van der Waals surface area (Å²) in [5.74, 6) is -0.969. The molecule has 1 aliphatic heterocycles. The third-order valence-electron chi connectivity index (χ3n) is 3.70. The van der Waals surface area contributed by atoms with Crippen LogP contribution >= 0.6 is 0 Å². The highest BCUT2D eigenvalue weighted by Crippen LogP contribution is 2.26. The molecule has 1 atom stereocenters. The van der Waals surface area contributed by atoms with Crippen molar-refractivity contribution < 1.29 is 21.9 Å². The fourth-order valence-corrected chi connectivity index (χ4v) is 3.96. The monoisotopic (exact) mass is 339 g/mol. The van der Waals surface area contributed by atoms with Gasteiger partial charge in [-0.05, 0) is 35.9 Å². The van der Waals surface area contributed by atoms with Crippen LogP contribution in [0.15, 0.2) is 53.4 Å². The standard InChI is InChI=1S/C16H15F2NO3S/c17-13-6-4-12(5-7-13)16-11-19(8-9-22-16)23(20,21)15-3-1-2-14(18)10-15/h1-7,10,16H,8-9,11H2. The van der Waals surface area contributed by atoms with E-state index in [1.807, 2.05) is 0 Å². The van der Waals surface area contributed by atoms with E-state index in [1.165, 1.54) is 34.6 Å². The Bertz CT molecular complexity index is 793. The first-order valence-electron chi connectivity index (χ1n) is 7.09. The van der Waals surface area contributed by atoms with Gasteiger partial charge in [0.25, 0.3) is 0 Å². The van der Waals surface area contributed by atoms with Crippen molar-refractivity contribution in [2.24, 2.45) is 0 Å². The Kier molecular flexibility index (Phi) is 4.43. The molecule has 0 radical (unpaired) electrons. The molecule has 122 valence electrons. The largest absolute Gasteiger partial charge is 0.371 e. The lowest BCUT2D eigenvalue weighted by Crippen LogP contribution is -2.42.